The smallest absolute Gasteiger partial charge is 0.234 e. The molecule has 0 radical (unpaired) electrons. The number of ether oxygens (including phenoxy) is 2. The van der Waals surface area contributed by atoms with Gasteiger partial charge in [0.15, 0.2) is 5.13 Å². The van der Waals surface area contributed by atoms with Gasteiger partial charge in [-0.05, 0) is 44.0 Å². The lowest BCUT2D eigenvalue weighted by molar-refractivity contribution is -0.124. The molecule has 0 aliphatic carbocycles. The summed E-state index contributed by atoms with van der Waals surface area (Å²) in [6.07, 6.45) is 2.09. The molecule has 3 heterocycles. The molecular weight excluding hydrogens is 438 g/mol. The molecule has 2 unspecified atom stereocenters. The fourth-order valence-corrected chi connectivity index (χ4v) is 5.50. The lowest BCUT2D eigenvalue weighted by atomic mass is 10.1. The normalized spacial score (nSPS) is 20.5. The summed E-state index contributed by atoms with van der Waals surface area (Å²) >= 11 is 1.47. The number of anilines is 2. The van der Waals surface area contributed by atoms with Gasteiger partial charge in [-0.1, -0.05) is 35.6 Å². The van der Waals surface area contributed by atoms with Crippen molar-refractivity contribution in [1.29, 1.82) is 0 Å². The number of hydrogen-bond donors (Lipinski definition) is 0. The molecule has 0 spiro atoms. The van der Waals surface area contributed by atoms with Gasteiger partial charge in [0.05, 0.1) is 29.9 Å². The molecule has 2 fully saturated rings. The maximum Gasteiger partial charge on any atom is 0.234 e. The van der Waals surface area contributed by atoms with E-state index in [-0.39, 0.29) is 24.3 Å². The van der Waals surface area contributed by atoms with Gasteiger partial charge in [-0.2, -0.15) is 0 Å². The van der Waals surface area contributed by atoms with Gasteiger partial charge in [0, 0.05) is 25.3 Å². The molecule has 0 saturated carbocycles. The van der Waals surface area contributed by atoms with E-state index in [1.165, 1.54) is 11.3 Å². The van der Waals surface area contributed by atoms with Crippen LogP contribution in [0.15, 0.2) is 48.5 Å². The number of amides is 2. The van der Waals surface area contributed by atoms with Crippen molar-refractivity contribution >= 4 is 44.2 Å². The third kappa shape index (κ3) is 4.45. The monoisotopic (exact) mass is 465 g/mol. The number of thiazole rings is 1. The van der Waals surface area contributed by atoms with E-state index in [0.717, 1.165) is 28.7 Å². The van der Waals surface area contributed by atoms with Gasteiger partial charge >= 0.3 is 0 Å². The molecule has 8 heteroatoms. The average molecular weight is 466 g/mol. The average Bonchev–Trinajstić information content (AvgIpc) is 3.58. The topological polar surface area (TPSA) is 72.0 Å². The Kier molecular flexibility index (Phi) is 6.28. The minimum absolute atomic E-state index is 0.0188. The number of nitrogens with zero attached hydrogens (tertiary/aromatic N) is 3. The van der Waals surface area contributed by atoms with Crippen LogP contribution >= 0.6 is 11.3 Å². The molecule has 2 saturated heterocycles. The number of carbonyl (C=O) groups excluding carboxylic acids is 2. The first-order chi connectivity index (χ1) is 16.1. The molecule has 33 heavy (non-hydrogen) atoms. The fraction of sp³-hybridized carbons (Fsp3) is 0.400. The Balaban J connectivity index is 1.44. The summed E-state index contributed by atoms with van der Waals surface area (Å²) in [5.74, 6) is 0.194. The molecule has 7 nitrogen and oxygen atoms in total. The highest BCUT2D eigenvalue weighted by molar-refractivity contribution is 7.22. The third-order valence-electron chi connectivity index (χ3n) is 6.12. The molecule has 5 rings (SSSR count). The van der Waals surface area contributed by atoms with E-state index in [9.17, 15) is 9.59 Å². The van der Waals surface area contributed by atoms with Crippen LogP contribution in [0.2, 0.25) is 0 Å². The first-order valence-electron chi connectivity index (χ1n) is 11.4. The second-order valence-electron chi connectivity index (χ2n) is 8.36. The molecule has 2 aromatic carbocycles. The Labute approximate surface area is 196 Å². The van der Waals surface area contributed by atoms with E-state index in [1.807, 2.05) is 55.5 Å². The van der Waals surface area contributed by atoms with Crippen molar-refractivity contribution in [2.75, 3.05) is 36.1 Å². The molecule has 2 amide bonds. The molecular formula is C25H27N3O4S. The van der Waals surface area contributed by atoms with Crippen LogP contribution in [0.4, 0.5) is 10.8 Å². The van der Waals surface area contributed by atoms with Crippen molar-refractivity contribution in [3.8, 4) is 5.75 Å². The molecule has 172 valence electrons. The van der Waals surface area contributed by atoms with Gasteiger partial charge in [0.2, 0.25) is 11.8 Å². The van der Waals surface area contributed by atoms with E-state index >= 15 is 0 Å². The summed E-state index contributed by atoms with van der Waals surface area (Å²) in [7, 11) is 0. The van der Waals surface area contributed by atoms with E-state index < -0.39 is 5.92 Å². The maximum atomic E-state index is 13.8. The standard InChI is InChI=1S/C25H27N3O4S/c1-2-31-20-11-6-12-21-23(20)26-25(33-21)28(16-19-10-7-13-32-19)24(30)17-14-22(29)27(15-17)18-8-4-3-5-9-18/h3-6,8-9,11-12,17,19H,2,7,10,13-16H2,1H3. The van der Waals surface area contributed by atoms with Gasteiger partial charge in [0.25, 0.3) is 0 Å². The summed E-state index contributed by atoms with van der Waals surface area (Å²) in [5, 5.41) is 0.628. The zero-order valence-electron chi connectivity index (χ0n) is 18.6. The molecule has 2 aliphatic rings. The van der Waals surface area contributed by atoms with E-state index in [2.05, 4.69) is 0 Å². The second-order valence-corrected chi connectivity index (χ2v) is 9.37. The maximum absolute atomic E-state index is 13.8. The van der Waals surface area contributed by atoms with Crippen LogP contribution in [-0.2, 0) is 14.3 Å². The highest BCUT2D eigenvalue weighted by Gasteiger charge is 2.39. The number of fused-ring (bicyclic) bond motifs is 1. The lowest BCUT2D eigenvalue weighted by Crippen LogP contribution is -2.42. The van der Waals surface area contributed by atoms with Crippen LogP contribution in [-0.4, -0.2) is 49.2 Å². The van der Waals surface area contributed by atoms with Crippen LogP contribution in [0.25, 0.3) is 10.2 Å². The van der Waals surface area contributed by atoms with Gasteiger partial charge in [-0.25, -0.2) is 4.98 Å². The zero-order valence-corrected chi connectivity index (χ0v) is 19.4. The Bertz CT molecular complexity index is 1140. The molecule has 3 aromatic rings. The van der Waals surface area contributed by atoms with Crippen LogP contribution in [0.3, 0.4) is 0 Å². The van der Waals surface area contributed by atoms with Crippen molar-refractivity contribution in [3.05, 3.63) is 48.5 Å². The van der Waals surface area contributed by atoms with Gasteiger partial charge < -0.3 is 14.4 Å². The number of rotatable bonds is 7. The van der Waals surface area contributed by atoms with E-state index in [4.69, 9.17) is 14.5 Å². The Hall–Kier alpha value is -2.97. The van der Waals surface area contributed by atoms with Crippen molar-refractivity contribution < 1.29 is 19.1 Å². The van der Waals surface area contributed by atoms with Crippen LogP contribution < -0.4 is 14.5 Å². The SMILES string of the molecule is CCOc1cccc2sc(N(CC3CCCO3)C(=O)C3CC(=O)N(c4ccccc4)C3)nc12. The van der Waals surface area contributed by atoms with Gasteiger partial charge in [-0.3, -0.25) is 14.5 Å². The predicted octanol–water partition coefficient (Wildman–Crippen LogP) is 4.26. The number of hydrogen-bond acceptors (Lipinski definition) is 6. The Morgan fingerprint density at radius 1 is 1.24 bits per heavy atom. The molecule has 0 N–H and O–H groups in total. The summed E-state index contributed by atoms with van der Waals surface area (Å²) in [4.78, 5) is 34.8. The summed E-state index contributed by atoms with van der Waals surface area (Å²) < 4.78 is 12.6. The number of aromatic nitrogens is 1. The minimum atomic E-state index is -0.419. The van der Waals surface area contributed by atoms with Crippen LogP contribution in [0, 0.1) is 5.92 Å². The van der Waals surface area contributed by atoms with Crippen molar-refractivity contribution in [2.45, 2.75) is 32.3 Å². The molecule has 0 bridgehead atoms. The highest BCUT2D eigenvalue weighted by atomic mass is 32.1. The molecule has 2 atom stereocenters. The van der Waals surface area contributed by atoms with Crippen molar-refractivity contribution in [1.82, 2.24) is 4.98 Å². The largest absolute Gasteiger partial charge is 0.492 e. The zero-order chi connectivity index (χ0) is 22.8. The second kappa shape index (κ2) is 9.49. The lowest BCUT2D eigenvalue weighted by Gasteiger charge is -2.25. The fourth-order valence-electron chi connectivity index (χ4n) is 4.50. The quantitative estimate of drug-likeness (QED) is 0.521. The van der Waals surface area contributed by atoms with E-state index in [1.54, 1.807) is 9.80 Å². The highest BCUT2D eigenvalue weighted by Crippen LogP contribution is 2.36. The summed E-state index contributed by atoms with van der Waals surface area (Å²) in [6, 6.07) is 15.3. The first-order valence-corrected chi connectivity index (χ1v) is 12.3. The number of para-hydroxylation sites is 2. The summed E-state index contributed by atoms with van der Waals surface area (Å²) in [5.41, 5.74) is 1.59. The van der Waals surface area contributed by atoms with Crippen molar-refractivity contribution in [3.63, 3.8) is 0 Å². The van der Waals surface area contributed by atoms with E-state index in [0.29, 0.717) is 37.2 Å². The van der Waals surface area contributed by atoms with Crippen LogP contribution in [0.5, 0.6) is 5.75 Å². The Morgan fingerprint density at radius 3 is 2.85 bits per heavy atom. The minimum Gasteiger partial charge on any atom is -0.492 e. The van der Waals surface area contributed by atoms with Crippen molar-refractivity contribution in [2.24, 2.45) is 5.92 Å². The number of benzene rings is 2. The predicted molar refractivity (Wildman–Crippen MR) is 129 cm³/mol. The number of carbonyl (C=O) groups is 2. The summed E-state index contributed by atoms with van der Waals surface area (Å²) in [6.45, 7) is 4.02. The Morgan fingerprint density at radius 2 is 2.09 bits per heavy atom. The van der Waals surface area contributed by atoms with Gasteiger partial charge in [-0.15, -0.1) is 0 Å². The molecule has 2 aliphatic heterocycles. The van der Waals surface area contributed by atoms with Gasteiger partial charge in [0.1, 0.15) is 11.3 Å². The molecule has 1 aromatic heterocycles. The van der Waals surface area contributed by atoms with Crippen LogP contribution in [0.1, 0.15) is 26.2 Å². The third-order valence-corrected chi connectivity index (χ3v) is 7.16. The first kappa shape index (κ1) is 21.9.